The Balaban J connectivity index is 1.74. The van der Waals surface area contributed by atoms with E-state index in [1.165, 1.54) is 13.8 Å². The molecule has 240 valence electrons. The SMILES string of the molecule is CC(=O)OC1C(=O)[C@@]2(C)C(C(OC(=O)CCc3ccccc3)C3(O)CC(O)C(C)=C1C3(C)C)C1(OC(C)=O)COC1C[C@@H]2C. The summed E-state index contributed by atoms with van der Waals surface area (Å²) in [4.78, 5) is 53.9. The van der Waals surface area contributed by atoms with Crippen molar-refractivity contribution in [3.8, 4) is 0 Å². The lowest BCUT2D eigenvalue weighted by molar-refractivity contribution is -0.342. The molecule has 1 aliphatic heterocycles. The van der Waals surface area contributed by atoms with Crippen LogP contribution in [0.25, 0.3) is 0 Å². The number of hydrogen-bond donors (Lipinski definition) is 2. The van der Waals surface area contributed by atoms with Gasteiger partial charge in [-0.15, -0.1) is 0 Å². The van der Waals surface area contributed by atoms with Gasteiger partial charge in [0, 0.05) is 37.5 Å². The number of aliphatic hydroxyl groups excluding tert-OH is 1. The quantitative estimate of drug-likeness (QED) is 0.279. The molecule has 3 aliphatic carbocycles. The van der Waals surface area contributed by atoms with Gasteiger partial charge in [-0.1, -0.05) is 58.0 Å². The van der Waals surface area contributed by atoms with Crippen LogP contribution in [0.5, 0.6) is 0 Å². The first-order chi connectivity index (χ1) is 20.5. The first-order valence-corrected chi connectivity index (χ1v) is 15.4. The number of hydrogen-bond acceptors (Lipinski definition) is 10. The number of carbonyl (C=O) groups is 4. The number of benzene rings is 1. The second kappa shape index (κ2) is 11.1. The Kier molecular flexibility index (Phi) is 8.13. The zero-order chi connectivity index (χ0) is 32.4. The molecule has 2 bridgehead atoms. The molecule has 0 spiro atoms. The maximum Gasteiger partial charge on any atom is 0.306 e. The van der Waals surface area contributed by atoms with E-state index in [-0.39, 0.29) is 25.0 Å². The molecule has 5 rings (SSSR count). The lowest BCUT2D eigenvalue weighted by Crippen LogP contribution is -2.80. The summed E-state index contributed by atoms with van der Waals surface area (Å²) in [6.07, 6.45) is -4.20. The third kappa shape index (κ3) is 4.72. The van der Waals surface area contributed by atoms with Gasteiger partial charge in [0.25, 0.3) is 0 Å². The molecule has 0 aromatic heterocycles. The predicted octanol–water partition coefficient (Wildman–Crippen LogP) is 3.25. The van der Waals surface area contributed by atoms with Gasteiger partial charge in [0.05, 0.1) is 18.6 Å². The smallest absolute Gasteiger partial charge is 0.306 e. The Bertz CT molecular complexity index is 1380. The molecule has 7 unspecified atom stereocenters. The van der Waals surface area contributed by atoms with E-state index < -0.39 is 82.0 Å². The summed E-state index contributed by atoms with van der Waals surface area (Å²) in [5.74, 6) is -3.90. The summed E-state index contributed by atoms with van der Waals surface area (Å²) in [6.45, 7) is 11.0. The van der Waals surface area contributed by atoms with Gasteiger partial charge >= 0.3 is 17.9 Å². The van der Waals surface area contributed by atoms with Crippen molar-refractivity contribution in [1.82, 2.24) is 0 Å². The molecule has 10 heteroatoms. The van der Waals surface area contributed by atoms with Crippen molar-refractivity contribution in [2.45, 2.75) is 110 Å². The normalized spacial score (nSPS) is 39.1. The van der Waals surface area contributed by atoms with E-state index in [0.29, 0.717) is 18.4 Å². The molecular weight excluding hydrogens is 568 g/mol. The Hall–Kier alpha value is -3.08. The second-order valence-corrected chi connectivity index (χ2v) is 13.9. The van der Waals surface area contributed by atoms with Crippen LogP contribution >= 0.6 is 0 Å². The maximum atomic E-state index is 15.0. The van der Waals surface area contributed by atoms with Gasteiger partial charge < -0.3 is 29.2 Å². The molecule has 44 heavy (non-hydrogen) atoms. The second-order valence-electron chi connectivity index (χ2n) is 13.9. The first kappa shape index (κ1) is 32.3. The number of rotatable bonds is 6. The number of esters is 3. The lowest BCUT2D eigenvalue weighted by atomic mass is 9.43. The van der Waals surface area contributed by atoms with Crippen molar-refractivity contribution >= 4 is 23.7 Å². The summed E-state index contributed by atoms with van der Waals surface area (Å²) >= 11 is 0. The largest absolute Gasteiger partial charge is 0.459 e. The van der Waals surface area contributed by atoms with Crippen LogP contribution < -0.4 is 0 Å². The van der Waals surface area contributed by atoms with Crippen molar-refractivity contribution in [3.05, 3.63) is 47.0 Å². The molecule has 4 aliphatic rings. The van der Waals surface area contributed by atoms with Crippen molar-refractivity contribution < 1.29 is 48.3 Å². The van der Waals surface area contributed by atoms with Crippen LogP contribution in [0.4, 0.5) is 0 Å². The summed E-state index contributed by atoms with van der Waals surface area (Å²) in [5, 5.41) is 24.3. The third-order valence-corrected chi connectivity index (χ3v) is 11.1. The molecule has 3 fully saturated rings. The number of Topliss-reactive ketones (excluding diaryl/α,β-unsaturated/α-hetero) is 1. The predicted molar refractivity (Wildman–Crippen MR) is 157 cm³/mol. The van der Waals surface area contributed by atoms with E-state index in [4.69, 9.17) is 18.9 Å². The van der Waals surface area contributed by atoms with Crippen LogP contribution in [-0.4, -0.2) is 76.1 Å². The van der Waals surface area contributed by atoms with E-state index in [2.05, 4.69) is 0 Å². The fraction of sp³-hybridized carbons (Fsp3) is 0.647. The molecule has 2 N–H and O–H groups in total. The van der Waals surface area contributed by atoms with Crippen molar-refractivity contribution in [1.29, 1.82) is 0 Å². The Morgan fingerprint density at radius 1 is 1.05 bits per heavy atom. The monoisotopic (exact) mass is 612 g/mol. The van der Waals surface area contributed by atoms with Crippen LogP contribution in [-0.2, 0) is 44.5 Å². The fourth-order valence-electron chi connectivity index (χ4n) is 8.54. The van der Waals surface area contributed by atoms with Gasteiger partial charge in [-0.3, -0.25) is 19.2 Å². The molecule has 0 radical (unpaired) electrons. The average molecular weight is 613 g/mol. The van der Waals surface area contributed by atoms with E-state index in [9.17, 15) is 29.4 Å². The van der Waals surface area contributed by atoms with Crippen LogP contribution in [0.2, 0.25) is 0 Å². The molecule has 2 saturated carbocycles. The molecule has 0 amide bonds. The lowest BCUT2D eigenvalue weighted by Gasteiger charge is -2.68. The van der Waals surface area contributed by atoms with E-state index in [1.807, 2.05) is 37.3 Å². The summed E-state index contributed by atoms with van der Waals surface area (Å²) in [6, 6.07) is 9.43. The number of fused-ring (bicyclic) bond motifs is 5. The number of aliphatic hydroxyl groups is 2. The van der Waals surface area contributed by atoms with E-state index in [1.54, 1.807) is 27.7 Å². The summed E-state index contributed by atoms with van der Waals surface area (Å²) < 4.78 is 24.1. The zero-order valence-electron chi connectivity index (χ0n) is 26.5. The number of ketones is 1. The van der Waals surface area contributed by atoms with Crippen molar-refractivity contribution in [2.24, 2.45) is 22.7 Å². The van der Waals surface area contributed by atoms with Crippen LogP contribution in [0.1, 0.15) is 73.3 Å². The van der Waals surface area contributed by atoms with Gasteiger partial charge in [0.1, 0.15) is 17.8 Å². The molecule has 10 nitrogen and oxygen atoms in total. The highest BCUT2D eigenvalue weighted by molar-refractivity contribution is 5.95. The molecule has 1 saturated heterocycles. The minimum Gasteiger partial charge on any atom is -0.459 e. The van der Waals surface area contributed by atoms with Gasteiger partial charge in [-0.2, -0.15) is 0 Å². The average Bonchev–Trinajstić information content (AvgIpc) is 2.94. The van der Waals surface area contributed by atoms with Crippen LogP contribution in [0.3, 0.4) is 0 Å². The number of carbonyl (C=O) groups excluding carboxylic acids is 4. The summed E-state index contributed by atoms with van der Waals surface area (Å²) in [5.41, 5.74) is -4.52. The maximum absolute atomic E-state index is 15.0. The van der Waals surface area contributed by atoms with Crippen molar-refractivity contribution in [2.75, 3.05) is 6.61 Å². The summed E-state index contributed by atoms with van der Waals surface area (Å²) in [7, 11) is 0. The van der Waals surface area contributed by atoms with Gasteiger partial charge in [-0.05, 0) is 42.4 Å². The Labute approximate surface area is 258 Å². The first-order valence-electron chi connectivity index (χ1n) is 15.4. The number of ether oxygens (including phenoxy) is 4. The minimum absolute atomic E-state index is 0.00913. The highest BCUT2D eigenvalue weighted by atomic mass is 16.6. The molecule has 1 aromatic carbocycles. The highest BCUT2D eigenvalue weighted by Gasteiger charge is 2.77. The van der Waals surface area contributed by atoms with Crippen molar-refractivity contribution in [3.63, 3.8) is 0 Å². The fourth-order valence-corrected chi connectivity index (χ4v) is 8.54. The standard InChI is InChI=1S/C34H44O10/c1-18-15-24-33(17-41-24,44-21(4)36)28-30(43-25(38)14-13-22-11-9-8-10-12-22)34(40)16-23(37)19(2)26(31(34,5)6)27(42-20(3)35)29(39)32(18,28)7/h8-12,18,23-24,27-28,30,37,40H,13-17H2,1-7H3/t18-,23?,24?,27?,28?,30?,32+,33?,34?/m0/s1. The third-order valence-electron chi connectivity index (χ3n) is 11.1. The Morgan fingerprint density at radius 3 is 2.27 bits per heavy atom. The van der Waals surface area contributed by atoms with E-state index in [0.717, 1.165) is 5.56 Å². The Morgan fingerprint density at radius 2 is 1.70 bits per heavy atom. The highest BCUT2D eigenvalue weighted by Crippen LogP contribution is 2.65. The van der Waals surface area contributed by atoms with Crippen LogP contribution in [0, 0.1) is 22.7 Å². The molecule has 9 atom stereocenters. The zero-order valence-corrected chi connectivity index (χ0v) is 26.5. The molecular formula is C34H44O10. The molecule has 1 heterocycles. The van der Waals surface area contributed by atoms with Crippen LogP contribution in [0.15, 0.2) is 41.5 Å². The van der Waals surface area contributed by atoms with Gasteiger partial charge in [0.15, 0.2) is 17.5 Å². The minimum atomic E-state index is -1.97. The number of aryl methyl sites for hydroxylation is 1. The van der Waals surface area contributed by atoms with E-state index >= 15 is 0 Å². The van der Waals surface area contributed by atoms with Gasteiger partial charge in [-0.25, -0.2) is 0 Å². The molecule has 1 aromatic rings. The topological polar surface area (TPSA) is 146 Å². The van der Waals surface area contributed by atoms with Gasteiger partial charge in [0.2, 0.25) is 0 Å².